The predicted octanol–water partition coefficient (Wildman–Crippen LogP) is 4.90. The van der Waals surface area contributed by atoms with Crippen LogP contribution in [0.25, 0.3) is 17.1 Å². The minimum absolute atomic E-state index is 0.0752. The van der Waals surface area contributed by atoms with Crippen LogP contribution in [0.5, 0.6) is 11.5 Å². The number of carbonyl (C=O) groups is 1. The molecule has 0 aliphatic carbocycles. The summed E-state index contributed by atoms with van der Waals surface area (Å²) in [6, 6.07) is 22.6. The van der Waals surface area contributed by atoms with Gasteiger partial charge in [0.15, 0.2) is 5.82 Å². The number of aryl methyl sites for hydroxylation is 1. The van der Waals surface area contributed by atoms with Crippen LogP contribution in [-0.2, 0) is 0 Å². The highest BCUT2D eigenvalue weighted by atomic mass is 16.5. The molecular formula is C25H24N4O3. The molecule has 0 saturated heterocycles. The third-order valence-corrected chi connectivity index (χ3v) is 4.83. The summed E-state index contributed by atoms with van der Waals surface area (Å²) in [5.41, 5.74) is 3.37. The van der Waals surface area contributed by atoms with Gasteiger partial charge in [0.1, 0.15) is 11.5 Å². The fourth-order valence-electron chi connectivity index (χ4n) is 3.27. The van der Waals surface area contributed by atoms with Crippen molar-refractivity contribution in [3.05, 3.63) is 84.2 Å². The number of ether oxygens (including phenoxy) is 2. The van der Waals surface area contributed by atoms with Crippen molar-refractivity contribution in [2.45, 2.75) is 13.8 Å². The maximum atomic E-state index is 12.9. The van der Waals surface area contributed by atoms with E-state index in [1.54, 1.807) is 36.1 Å². The molecule has 0 fully saturated rings. The van der Waals surface area contributed by atoms with E-state index in [4.69, 9.17) is 9.47 Å². The Morgan fingerprint density at radius 3 is 2.38 bits per heavy atom. The number of methoxy groups -OCH3 is 1. The van der Waals surface area contributed by atoms with E-state index in [1.165, 1.54) is 0 Å². The molecule has 0 saturated carbocycles. The van der Waals surface area contributed by atoms with Gasteiger partial charge >= 0.3 is 0 Å². The summed E-state index contributed by atoms with van der Waals surface area (Å²) < 4.78 is 12.4. The first kappa shape index (κ1) is 21.1. The number of hydrogen-bond donors (Lipinski definition) is 1. The van der Waals surface area contributed by atoms with Crippen LogP contribution in [-0.4, -0.2) is 34.4 Å². The molecule has 0 unspecified atom stereocenters. The summed E-state index contributed by atoms with van der Waals surface area (Å²) in [6.07, 6.45) is 0. The van der Waals surface area contributed by atoms with E-state index in [1.807, 2.05) is 62.4 Å². The molecule has 32 heavy (non-hydrogen) atoms. The molecule has 0 bridgehead atoms. The topological polar surface area (TPSA) is 78.3 Å². The average Bonchev–Trinajstić information content (AvgIpc) is 3.26. The highest BCUT2D eigenvalue weighted by Gasteiger charge is 2.19. The molecule has 4 rings (SSSR count). The fraction of sp³-hybridized carbons (Fsp3) is 0.160. The number of rotatable bonds is 7. The van der Waals surface area contributed by atoms with Gasteiger partial charge in [0.25, 0.3) is 5.91 Å². The number of nitrogens with zero attached hydrogens (tertiary/aromatic N) is 3. The van der Waals surface area contributed by atoms with Crippen LogP contribution in [0.15, 0.2) is 72.8 Å². The van der Waals surface area contributed by atoms with Crippen LogP contribution >= 0.6 is 0 Å². The number of nitrogens with one attached hydrogen (secondary N) is 1. The lowest BCUT2D eigenvalue weighted by molar-refractivity contribution is 0.101. The Labute approximate surface area is 186 Å². The summed E-state index contributed by atoms with van der Waals surface area (Å²) in [6.45, 7) is 4.54. The number of benzene rings is 3. The first-order valence-corrected chi connectivity index (χ1v) is 10.3. The molecule has 0 aliphatic rings. The van der Waals surface area contributed by atoms with Crippen molar-refractivity contribution < 1.29 is 14.3 Å². The number of aromatic nitrogens is 3. The van der Waals surface area contributed by atoms with Gasteiger partial charge in [0, 0.05) is 11.3 Å². The molecule has 0 atom stereocenters. The van der Waals surface area contributed by atoms with Gasteiger partial charge in [0.05, 0.1) is 19.4 Å². The SMILES string of the molecule is CCOc1ccc(-n2nc(C(=O)Nc3ccc(OC)cc3)nc2-c2cccc(C)c2)cc1. The lowest BCUT2D eigenvalue weighted by Crippen LogP contribution is -2.14. The van der Waals surface area contributed by atoms with E-state index in [9.17, 15) is 4.79 Å². The van der Waals surface area contributed by atoms with Gasteiger partial charge in [0.2, 0.25) is 5.82 Å². The monoisotopic (exact) mass is 428 g/mol. The average molecular weight is 428 g/mol. The summed E-state index contributed by atoms with van der Waals surface area (Å²) in [5.74, 6) is 1.74. The number of carbonyl (C=O) groups excluding carboxylic acids is 1. The first-order chi connectivity index (χ1) is 15.6. The second-order valence-electron chi connectivity index (χ2n) is 7.15. The second kappa shape index (κ2) is 9.34. The zero-order chi connectivity index (χ0) is 22.5. The summed E-state index contributed by atoms with van der Waals surface area (Å²) in [5, 5.41) is 7.36. The normalized spacial score (nSPS) is 10.6. The van der Waals surface area contributed by atoms with Crippen LogP contribution in [0.1, 0.15) is 23.1 Å². The summed E-state index contributed by atoms with van der Waals surface area (Å²) in [4.78, 5) is 17.5. The predicted molar refractivity (Wildman–Crippen MR) is 124 cm³/mol. The number of hydrogen-bond acceptors (Lipinski definition) is 5. The Balaban J connectivity index is 1.70. The van der Waals surface area contributed by atoms with Gasteiger partial charge in [-0.25, -0.2) is 9.67 Å². The minimum Gasteiger partial charge on any atom is -0.497 e. The zero-order valence-corrected chi connectivity index (χ0v) is 18.2. The molecular weight excluding hydrogens is 404 g/mol. The van der Waals surface area contributed by atoms with E-state index in [0.717, 1.165) is 22.6 Å². The molecule has 1 amide bonds. The summed E-state index contributed by atoms with van der Waals surface area (Å²) >= 11 is 0. The maximum absolute atomic E-state index is 12.9. The van der Waals surface area contributed by atoms with Gasteiger partial charge in [-0.2, -0.15) is 0 Å². The Bertz CT molecular complexity index is 1210. The Morgan fingerprint density at radius 2 is 1.72 bits per heavy atom. The molecule has 7 nitrogen and oxygen atoms in total. The van der Waals surface area contributed by atoms with Crippen molar-refractivity contribution >= 4 is 11.6 Å². The van der Waals surface area contributed by atoms with Gasteiger partial charge in [-0.3, -0.25) is 4.79 Å². The molecule has 0 aliphatic heterocycles. The van der Waals surface area contributed by atoms with Gasteiger partial charge in [-0.05, 0) is 68.4 Å². The maximum Gasteiger partial charge on any atom is 0.295 e. The zero-order valence-electron chi connectivity index (χ0n) is 18.2. The highest BCUT2D eigenvalue weighted by molar-refractivity contribution is 6.01. The van der Waals surface area contributed by atoms with Gasteiger partial charge in [-0.1, -0.05) is 23.8 Å². The van der Waals surface area contributed by atoms with Crippen molar-refractivity contribution in [3.8, 4) is 28.6 Å². The van der Waals surface area contributed by atoms with Crippen molar-refractivity contribution in [2.24, 2.45) is 0 Å². The second-order valence-corrected chi connectivity index (χ2v) is 7.15. The molecule has 0 radical (unpaired) electrons. The smallest absolute Gasteiger partial charge is 0.295 e. The van der Waals surface area contributed by atoms with Gasteiger partial charge < -0.3 is 14.8 Å². The van der Waals surface area contributed by atoms with Crippen LogP contribution in [0.3, 0.4) is 0 Å². The minimum atomic E-state index is -0.395. The van der Waals surface area contributed by atoms with E-state index in [0.29, 0.717) is 23.9 Å². The number of anilines is 1. The summed E-state index contributed by atoms with van der Waals surface area (Å²) in [7, 11) is 1.60. The largest absolute Gasteiger partial charge is 0.497 e. The number of amides is 1. The molecule has 3 aromatic carbocycles. The Morgan fingerprint density at radius 1 is 1.00 bits per heavy atom. The molecule has 162 valence electrons. The van der Waals surface area contributed by atoms with Crippen molar-refractivity contribution in [1.29, 1.82) is 0 Å². The van der Waals surface area contributed by atoms with E-state index >= 15 is 0 Å². The molecule has 1 aromatic heterocycles. The first-order valence-electron chi connectivity index (χ1n) is 10.3. The quantitative estimate of drug-likeness (QED) is 0.453. The van der Waals surface area contributed by atoms with E-state index in [2.05, 4.69) is 15.4 Å². The lowest BCUT2D eigenvalue weighted by Gasteiger charge is -2.08. The van der Waals surface area contributed by atoms with Crippen molar-refractivity contribution in [3.63, 3.8) is 0 Å². The van der Waals surface area contributed by atoms with E-state index in [-0.39, 0.29) is 5.82 Å². The molecule has 0 spiro atoms. The Hall–Kier alpha value is -4.13. The molecule has 1 N–H and O–H groups in total. The molecule has 7 heteroatoms. The van der Waals surface area contributed by atoms with Crippen LogP contribution < -0.4 is 14.8 Å². The fourth-order valence-corrected chi connectivity index (χ4v) is 3.27. The third-order valence-electron chi connectivity index (χ3n) is 4.83. The molecule has 4 aromatic rings. The van der Waals surface area contributed by atoms with Crippen molar-refractivity contribution in [2.75, 3.05) is 19.0 Å². The molecule has 1 heterocycles. The van der Waals surface area contributed by atoms with Crippen LogP contribution in [0, 0.1) is 6.92 Å². The standard InChI is InChI=1S/C25H24N4O3/c1-4-32-22-14-10-20(11-15-22)29-24(18-7-5-6-17(2)16-18)27-23(28-29)25(30)26-19-8-12-21(31-3)13-9-19/h5-16H,4H2,1-3H3,(H,26,30). The van der Waals surface area contributed by atoms with Crippen LogP contribution in [0.4, 0.5) is 5.69 Å². The highest BCUT2D eigenvalue weighted by Crippen LogP contribution is 2.24. The third kappa shape index (κ3) is 4.62. The van der Waals surface area contributed by atoms with Gasteiger partial charge in [-0.15, -0.1) is 5.10 Å². The van der Waals surface area contributed by atoms with Crippen molar-refractivity contribution in [1.82, 2.24) is 14.8 Å². The lowest BCUT2D eigenvalue weighted by atomic mass is 10.1. The van der Waals surface area contributed by atoms with E-state index < -0.39 is 5.91 Å². The Kier molecular flexibility index (Phi) is 6.17. The van der Waals surface area contributed by atoms with Crippen LogP contribution in [0.2, 0.25) is 0 Å².